The smallest absolute Gasteiger partial charge is 0.251 e. The molecule has 5 nitrogen and oxygen atoms in total. The predicted molar refractivity (Wildman–Crippen MR) is 95.4 cm³/mol. The molecule has 1 amide bonds. The summed E-state index contributed by atoms with van der Waals surface area (Å²) in [7, 11) is 0. The van der Waals surface area contributed by atoms with Crippen molar-refractivity contribution in [3.05, 3.63) is 29.8 Å². The van der Waals surface area contributed by atoms with Crippen LogP contribution in [0, 0.1) is 0 Å². The molecule has 1 unspecified atom stereocenters. The molecule has 0 spiro atoms. The Kier molecular flexibility index (Phi) is 7.53. The van der Waals surface area contributed by atoms with E-state index in [1.165, 1.54) is 19.3 Å². The topological polar surface area (TPSA) is 70.6 Å². The number of hydrogen-bond donors (Lipinski definition) is 3. The lowest BCUT2D eigenvalue weighted by Gasteiger charge is -2.22. The summed E-state index contributed by atoms with van der Waals surface area (Å²) in [6.45, 7) is 4.79. The number of amides is 1. The van der Waals surface area contributed by atoms with E-state index in [0.29, 0.717) is 29.9 Å². The number of aliphatic hydroxyl groups is 1. The molecule has 1 aliphatic carbocycles. The zero-order valence-corrected chi connectivity index (χ0v) is 14.8. The van der Waals surface area contributed by atoms with Crippen molar-refractivity contribution >= 4 is 5.91 Å². The highest BCUT2D eigenvalue weighted by Gasteiger charge is 2.16. The molecule has 1 aromatic rings. The molecule has 1 fully saturated rings. The molecule has 0 heterocycles. The monoisotopic (exact) mass is 334 g/mol. The second-order valence-electron chi connectivity index (χ2n) is 6.86. The molecular formula is C19H30N2O3. The van der Waals surface area contributed by atoms with Crippen LogP contribution in [-0.2, 0) is 0 Å². The van der Waals surface area contributed by atoms with Gasteiger partial charge in [0, 0.05) is 24.2 Å². The Balaban J connectivity index is 1.76. The lowest BCUT2D eigenvalue weighted by molar-refractivity contribution is 0.0927. The molecule has 3 N–H and O–H groups in total. The third kappa shape index (κ3) is 6.49. The molecule has 0 bridgehead atoms. The van der Waals surface area contributed by atoms with Crippen molar-refractivity contribution < 1.29 is 14.6 Å². The molecule has 1 aliphatic rings. The number of carbonyl (C=O) groups excluding carboxylic acids is 1. The molecule has 1 aromatic carbocycles. The summed E-state index contributed by atoms with van der Waals surface area (Å²) >= 11 is 0. The lowest BCUT2D eigenvalue weighted by atomic mass is 9.95. The summed E-state index contributed by atoms with van der Waals surface area (Å²) in [6, 6.07) is 7.74. The quantitative estimate of drug-likeness (QED) is 0.683. The number of aliphatic hydroxyl groups excluding tert-OH is 1. The van der Waals surface area contributed by atoms with Crippen LogP contribution in [0.15, 0.2) is 24.3 Å². The highest BCUT2D eigenvalue weighted by Crippen LogP contribution is 2.18. The number of ether oxygens (including phenoxy) is 1. The number of carbonyl (C=O) groups is 1. The predicted octanol–water partition coefficient (Wildman–Crippen LogP) is 2.49. The maximum absolute atomic E-state index is 12.2. The van der Waals surface area contributed by atoms with Gasteiger partial charge in [-0.25, -0.2) is 0 Å². The van der Waals surface area contributed by atoms with Crippen LogP contribution in [-0.4, -0.2) is 42.4 Å². The van der Waals surface area contributed by atoms with Crippen LogP contribution in [0.25, 0.3) is 0 Å². The van der Waals surface area contributed by atoms with Gasteiger partial charge in [0.05, 0.1) is 0 Å². The zero-order valence-electron chi connectivity index (χ0n) is 14.8. The standard InChI is InChI=1S/C19H30N2O3/c1-14(2)20-12-17(22)13-24-18-10-8-15(9-11-18)19(23)21-16-6-4-3-5-7-16/h8-11,14,16-17,20,22H,3-7,12-13H2,1-2H3,(H,21,23). The van der Waals surface area contributed by atoms with E-state index in [9.17, 15) is 9.90 Å². The molecule has 24 heavy (non-hydrogen) atoms. The van der Waals surface area contributed by atoms with E-state index in [0.717, 1.165) is 12.8 Å². The van der Waals surface area contributed by atoms with Gasteiger partial charge in [-0.2, -0.15) is 0 Å². The fraction of sp³-hybridized carbons (Fsp3) is 0.632. The van der Waals surface area contributed by atoms with E-state index in [-0.39, 0.29) is 12.5 Å². The minimum Gasteiger partial charge on any atom is -0.491 e. The molecule has 2 rings (SSSR count). The van der Waals surface area contributed by atoms with E-state index in [1.54, 1.807) is 24.3 Å². The van der Waals surface area contributed by atoms with Gasteiger partial charge >= 0.3 is 0 Å². The molecule has 5 heteroatoms. The summed E-state index contributed by atoms with van der Waals surface area (Å²) in [5, 5.41) is 16.1. The van der Waals surface area contributed by atoms with Gasteiger partial charge in [-0.05, 0) is 37.1 Å². The van der Waals surface area contributed by atoms with E-state index in [2.05, 4.69) is 10.6 Å². The minimum atomic E-state index is -0.554. The first kappa shape index (κ1) is 18.7. The Bertz CT molecular complexity index is 496. The fourth-order valence-electron chi connectivity index (χ4n) is 2.84. The van der Waals surface area contributed by atoms with Gasteiger partial charge in [0.1, 0.15) is 18.5 Å². The van der Waals surface area contributed by atoms with Crippen LogP contribution < -0.4 is 15.4 Å². The SMILES string of the molecule is CC(C)NCC(O)COc1ccc(C(=O)NC2CCCCC2)cc1. The van der Waals surface area contributed by atoms with Gasteiger partial charge in [-0.15, -0.1) is 0 Å². The molecule has 1 atom stereocenters. The summed E-state index contributed by atoms with van der Waals surface area (Å²) in [4.78, 5) is 12.2. The van der Waals surface area contributed by atoms with E-state index in [4.69, 9.17) is 4.74 Å². The van der Waals surface area contributed by atoms with Crippen molar-refractivity contribution in [2.24, 2.45) is 0 Å². The van der Waals surface area contributed by atoms with Gasteiger partial charge in [-0.3, -0.25) is 4.79 Å². The van der Waals surface area contributed by atoms with Crippen LogP contribution in [0.3, 0.4) is 0 Å². The average molecular weight is 334 g/mol. The van der Waals surface area contributed by atoms with E-state index >= 15 is 0 Å². The van der Waals surface area contributed by atoms with Crippen molar-refractivity contribution in [1.29, 1.82) is 0 Å². The van der Waals surface area contributed by atoms with E-state index in [1.807, 2.05) is 13.8 Å². The van der Waals surface area contributed by atoms with Crippen molar-refractivity contribution in [3.8, 4) is 5.75 Å². The first-order valence-corrected chi connectivity index (χ1v) is 9.00. The van der Waals surface area contributed by atoms with Gasteiger partial charge < -0.3 is 20.5 Å². The maximum Gasteiger partial charge on any atom is 0.251 e. The van der Waals surface area contributed by atoms with Gasteiger partial charge in [-0.1, -0.05) is 33.1 Å². The van der Waals surface area contributed by atoms with Crippen molar-refractivity contribution in [2.75, 3.05) is 13.2 Å². The van der Waals surface area contributed by atoms with Gasteiger partial charge in [0.25, 0.3) is 5.91 Å². The Morgan fingerprint density at radius 3 is 2.50 bits per heavy atom. The summed E-state index contributed by atoms with van der Waals surface area (Å²) < 4.78 is 5.56. The normalized spacial score (nSPS) is 16.8. The third-order valence-corrected chi connectivity index (χ3v) is 4.26. The average Bonchev–Trinajstić information content (AvgIpc) is 2.59. The van der Waals surface area contributed by atoms with Crippen LogP contribution >= 0.6 is 0 Å². The van der Waals surface area contributed by atoms with Crippen molar-refractivity contribution in [2.45, 2.75) is 64.1 Å². The highest BCUT2D eigenvalue weighted by atomic mass is 16.5. The lowest BCUT2D eigenvalue weighted by Crippen LogP contribution is -2.36. The molecule has 1 saturated carbocycles. The second kappa shape index (κ2) is 9.64. The summed E-state index contributed by atoms with van der Waals surface area (Å²) in [5.74, 6) is 0.641. The van der Waals surface area contributed by atoms with Crippen LogP contribution in [0.2, 0.25) is 0 Å². The summed E-state index contributed by atoms with van der Waals surface area (Å²) in [6.07, 6.45) is 5.28. The third-order valence-electron chi connectivity index (χ3n) is 4.26. The Morgan fingerprint density at radius 2 is 1.88 bits per heavy atom. The molecule has 0 radical (unpaired) electrons. The van der Waals surface area contributed by atoms with Crippen molar-refractivity contribution in [3.63, 3.8) is 0 Å². The first-order valence-electron chi connectivity index (χ1n) is 9.00. The van der Waals surface area contributed by atoms with Gasteiger partial charge in [0.15, 0.2) is 0 Å². The molecular weight excluding hydrogens is 304 g/mol. The maximum atomic E-state index is 12.2. The zero-order chi connectivity index (χ0) is 17.4. The Hall–Kier alpha value is -1.59. The largest absolute Gasteiger partial charge is 0.491 e. The number of benzene rings is 1. The Morgan fingerprint density at radius 1 is 1.21 bits per heavy atom. The second-order valence-corrected chi connectivity index (χ2v) is 6.86. The van der Waals surface area contributed by atoms with Crippen molar-refractivity contribution in [1.82, 2.24) is 10.6 Å². The minimum absolute atomic E-state index is 0.0189. The highest BCUT2D eigenvalue weighted by molar-refractivity contribution is 5.94. The van der Waals surface area contributed by atoms with Gasteiger partial charge in [0.2, 0.25) is 0 Å². The van der Waals surface area contributed by atoms with Crippen LogP contribution in [0.5, 0.6) is 5.75 Å². The van der Waals surface area contributed by atoms with Crippen LogP contribution in [0.4, 0.5) is 0 Å². The number of rotatable bonds is 8. The molecule has 0 aliphatic heterocycles. The summed E-state index contributed by atoms with van der Waals surface area (Å²) in [5.41, 5.74) is 0.648. The molecule has 0 aromatic heterocycles. The van der Waals surface area contributed by atoms with E-state index < -0.39 is 6.10 Å². The number of nitrogens with one attached hydrogen (secondary N) is 2. The number of hydrogen-bond acceptors (Lipinski definition) is 4. The first-order chi connectivity index (χ1) is 11.5. The molecule has 134 valence electrons. The fourth-order valence-corrected chi connectivity index (χ4v) is 2.84. The van der Waals surface area contributed by atoms with Crippen LogP contribution in [0.1, 0.15) is 56.3 Å². The molecule has 0 saturated heterocycles. The Labute approximate surface area is 144 Å².